The van der Waals surface area contributed by atoms with E-state index in [1.54, 1.807) is 24.3 Å². The van der Waals surface area contributed by atoms with E-state index in [-0.39, 0.29) is 0 Å². The van der Waals surface area contributed by atoms with Gasteiger partial charge in [0.15, 0.2) is 0 Å². The van der Waals surface area contributed by atoms with Gasteiger partial charge in [-0.15, -0.1) is 0 Å². The Morgan fingerprint density at radius 1 is 0.484 bits per heavy atom. The second kappa shape index (κ2) is 5.25. The van der Waals surface area contributed by atoms with Crippen LogP contribution in [0, 0.1) is 0 Å². The summed E-state index contributed by atoms with van der Waals surface area (Å²) in [6.45, 7) is 0. The van der Waals surface area contributed by atoms with Gasteiger partial charge in [-0.25, -0.2) is 19.2 Å². The number of rotatable bonds is 0. The molecule has 31 heavy (non-hydrogen) atoms. The number of benzene rings is 5. The lowest BCUT2D eigenvalue weighted by Gasteiger charge is -2.23. The summed E-state index contributed by atoms with van der Waals surface area (Å²) in [4.78, 5) is 49.6. The topological polar surface area (TPSA) is 86.7 Å². The highest BCUT2D eigenvalue weighted by Gasteiger charge is 2.33. The molecule has 2 heterocycles. The first-order valence-electron chi connectivity index (χ1n) is 9.38. The number of ether oxygens (including phenoxy) is 2. The Morgan fingerprint density at radius 3 is 1.52 bits per heavy atom. The molecule has 0 atom stereocenters. The van der Waals surface area contributed by atoms with Crippen LogP contribution in [0.15, 0.2) is 46.9 Å². The SMILES string of the molecule is O=C1OC(=O)c2ccc3c4c(Br)cc5c6c(ccc(c7ccc1c2c73)c64)C(=O)OC5=O. The summed E-state index contributed by atoms with van der Waals surface area (Å²) < 4.78 is 10.4. The van der Waals surface area contributed by atoms with E-state index in [0.717, 1.165) is 32.3 Å². The number of halogens is 1. The minimum atomic E-state index is -0.689. The van der Waals surface area contributed by atoms with Crippen molar-refractivity contribution in [3.63, 3.8) is 0 Å². The smallest absolute Gasteiger partial charge is 0.346 e. The zero-order valence-electron chi connectivity index (χ0n) is 15.4. The number of carbonyl (C=O) groups is 4. The number of hydrogen-bond acceptors (Lipinski definition) is 6. The Balaban J connectivity index is 1.85. The van der Waals surface area contributed by atoms with E-state index in [1.165, 1.54) is 0 Å². The molecule has 0 N–H and O–H groups in total. The number of carbonyl (C=O) groups excluding carboxylic acids is 4. The van der Waals surface area contributed by atoms with Crippen LogP contribution in [-0.2, 0) is 9.47 Å². The van der Waals surface area contributed by atoms with Gasteiger partial charge in [0.05, 0.1) is 22.3 Å². The molecule has 146 valence electrons. The average Bonchev–Trinajstić information content (AvgIpc) is 2.75. The van der Waals surface area contributed by atoms with Crippen molar-refractivity contribution in [2.45, 2.75) is 0 Å². The molecular weight excluding hydrogens is 464 g/mol. The van der Waals surface area contributed by atoms with E-state index < -0.39 is 23.9 Å². The van der Waals surface area contributed by atoms with Crippen molar-refractivity contribution in [2.24, 2.45) is 0 Å². The van der Waals surface area contributed by atoms with Crippen molar-refractivity contribution < 1.29 is 28.7 Å². The Hall–Kier alpha value is -3.84. The molecule has 0 unspecified atom stereocenters. The molecule has 0 aliphatic carbocycles. The highest BCUT2D eigenvalue weighted by molar-refractivity contribution is 9.10. The summed E-state index contributed by atoms with van der Waals surface area (Å²) in [5.41, 5.74) is 1.31. The Bertz CT molecular complexity index is 1740. The zero-order valence-corrected chi connectivity index (χ0v) is 17.0. The molecule has 2 aliphatic rings. The van der Waals surface area contributed by atoms with Crippen LogP contribution in [0.1, 0.15) is 41.4 Å². The van der Waals surface area contributed by atoms with Crippen LogP contribution >= 0.6 is 15.9 Å². The van der Waals surface area contributed by atoms with Crippen molar-refractivity contribution in [3.05, 3.63) is 69.2 Å². The number of hydrogen-bond donors (Lipinski definition) is 0. The maximum absolute atomic E-state index is 12.5. The zero-order chi connectivity index (χ0) is 21.2. The van der Waals surface area contributed by atoms with Crippen LogP contribution < -0.4 is 0 Å². The summed E-state index contributed by atoms with van der Waals surface area (Å²) in [5.74, 6) is -2.72. The van der Waals surface area contributed by atoms with Crippen LogP contribution in [0.3, 0.4) is 0 Å². The molecule has 5 aromatic carbocycles. The van der Waals surface area contributed by atoms with E-state index in [9.17, 15) is 19.2 Å². The normalized spacial score (nSPS) is 15.4. The first-order chi connectivity index (χ1) is 15.0. The molecule has 0 spiro atoms. The van der Waals surface area contributed by atoms with Crippen LogP contribution in [0.2, 0.25) is 0 Å². The molecule has 0 saturated heterocycles. The van der Waals surface area contributed by atoms with Crippen molar-refractivity contribution in [1.82, 2.24) is 0 Å². The number of fused-ring (bicyclic) bond motifs is 2. The van der Waals surface area contributed by atoms with Crippen LogP contribution in [0.25, 0.3) is 43.1 Å². The molecule has 7 heteroatoms. The Labute approximate surface area is 180 Å². The lowest BCUT2D eigenvalue weighted by molar-refractivity contribution is 0.0373. The fraction of sp³-hybridized carbons (Fsp3) is 0. The third-order valence-corrected chi connectivity index (χ3v) is 6.83. The van der Waals surface area contributed by atoms with Gasteiger partial charge in [0.1, 0.15) is 0 Å². The maximum atomic E-state index is 12.5. The summed E-state index contributed by atoms with van der Waals surface area (Å²) >= 11 is 3.59. The predicted molar refractivity (Wildman–Crippen MR) is 115 cm³/mol. The van der Waals surface area contributed by atoms with Crippen molar-refractivity contribution >= 4 is 82.9 Å². The minimum Gasteiger partial charge on any atom is -0.386 e. The predicted octanol–water partition coefficient (Wildman–Crippen LogP) is 5.12. The molecule has 0 amide bonds. The van der Waals surface area contributed by atoms with E-state index in [2.05, 4.69) is 15.9 Å². The monoisotopic (exact) mass is 470 g/mol. The van der Waals surface area contributed by atoms with Crippen molar-refractivity contribution in [1.29, 1.82) is 0 Å². The van der Waals surface area contributed by atoms with E-state index in [0.29, 0.717) is 37.5 Å². The first kappa shape index (κ1) is 16.9. The molecule has 2 aliphatic heterocycles. The second-order valence-electron chi connectivity index (χ2n) is 7.62. The second-order valence-corrected chi connectivity index (χ2v) is 8.47. The van der Waals surface area contributed by atoms with Crippen LogP contribution in [0.4, 0.5) is 0 Å². The minimum absolute atomic E-state index is 0.315. The van der Waals surface area contributed by atoms with Gasteiger partial charge in [0.2, 0.25) is 0 Å². The fourth-order valence-corrected chi connectivity index (χ4v) is 5.65. The van der Waals surface area contributed by atoms with Gasteiger partial charge in [-0.3, -0.25) is 0 Å². The Morgan fingerprint density at radius 2 is 0.935 bits per heavy atom. The van der Waals surface area contributed by atoms with E-state index in [4.69, 9.17) is 9.47 Å². The summed E-state index contributed by atoms with van der Waals surface area (Å²) in [7, 11) is 0. The van der Waals surface area contributed by atoms with Gasteiger partial charge in [-0.2, -0.15) is 0 Å². The molecule has 5 aromatic rings. The molecule has 6 nitrogen and oxygen atoms in total. The van der Waals surface area contributed by atoms with Gasteiger partial charge in [-0.1, -0.05) is 34.1 Å². The lowest BCUT2D eigenvalue weighted by atomic mass is 9.83. The van der Waals surface area contributed by atoms with Crippen LogP contribution in [0.5, 0.6) is 0 Å². The molecule has 7 rings (SSSR count). The highest BCUT2D eigenvalue weighted by atomic mass is 79.9. The van der Waals surface area contributed by atoms with Crippen molar-refractivity contribution in [3.8, 4) is 0 Å². The number of esters is 4. The van der Waals surface area contributed by atoms with Gasteiger partial charge < -0.3 is 9.47 Å². The summed E-state index contributed by atoms with van der Waals surface area (Å²) in [6, 6.07) is 12.0. The van der Waals surface area contributed by atoms with E-state index in [1.807, 2.05) is 18.2 Å². The highest BCUT2D eigenvalue weighted by Crippen LogP contribution is 2.47. The van der Waals surface area contributed by atoms with Gasteiger partial charge in [-0.05, 0) is 45.8 Å². The maximum Gasteiger partial charge on any atom is 0.346 e. The largest absolute Gasteiger partial charge is 0.386 e. The third-order valence-electron chi connectivity index (χ3n) is 6.21. The Kier molecular flexibility index (Phi) is 2.86. The molecule has 0 aromatic heterocycles. The molecular formula is C24H7BrO6. The summed E-state index contributed by atoms with van der Waals surface area (Å²) in [5, 5.41) is 5.83. The van der Waals surface area contributed by atoms with Crippen molar-refractivity contribution in [2.75, 3.05) is 0 Å². The standard InChI is InChI=1S/C24H7BrO6/c25-15-7-14-18-13(23(28)31-24(14)29)5-2-9-8-1-4-11-17-12(22(27)30-21(11)26)6-3-10(16(8)17)19(15)20(9)18/h1-7H. The molecule has 0 fully saturated rings. The van der Waals surface area contributed by atoms with Gasteiger partial charge in [0, 0.05) is 26.0 Å². The summed E-state index contributed by atoms with van der Waals surface area (Å²) in [6.07, 6.45) is 0. The number of cyclic esters (lactones) is 4. The quantitative estimate of drug-likeness (QED) is 0.135. The van der Waals surface area contributed by atoms with Gasteiger partial charge in [0.25, 0.3) is 0 Å². The first-order valence-corrected chi connectivity index (χ1v) is 10.2. The third kappa shape index (κ3) is 1.84. The lowest BCUT2D eigenvalue weighted by Crippen LogP contribution is -2.20. The fourth-order valence-electron chi connectivity index (χ4n) is 5.01. The average molecular weight is 471 g/mol. The molecule has 0 radical (unpaired) electrons. The van der Waals surface area contributed by atoms with Gasteiger partial charge >= 0.3 is 23.9 Å². The van der Waals surface area contributed by atoms with Crippen LogP contribution in [-0.4, -0.2) is 23.9 Å². The van der Waals surface area contributed by atoms with E-state index >= 15 is 0 Å². The molecule has 0 bridgehead atoms. The molecule has 0 saturated carbocycles.